The van der Waals surface area contributed by atoms with Crippen LogP contribution in [0.1, 0.15) is 40.8 Å². The van der Waals surface area contributed by atoms with Crippen LogP contribution in [0.2, 0.25) is 0 Å². The standard InChI is InChI=1S/C30H31NO5/c1-4-21-10-12-23(13-11-21)27-26(29(33)30(34)31(27)16-17-35-3)28(32)25-15-14-24(18-20(25)2)36-19-22-8-6-5-7-9-22/h5-15,18,27,32H,4,16-17,19H2,1-3H3/b28-26+. The van der Waals surface area contributed by atoms with Crippen LogP contribution in [-0.4, -0.2) is 42.0 Å². The third-order valence-electron chi connectivity index (χ3n) is 6.48. The number of Topliss-reactive ketones (excluding diaryl/α,β-unsaturated/α-hetero) is 1. The molecule has 1 fully saturated rings. The number of nitrogens with zero attached hydrogens (tertiary/aromatic N) is 1. The molecular weight excluding hydrogens is 454 g/mol. The molecule has 3 aromatic rings. The van der Waals surface area contributed by atoms with E-state index in [1.54, 1.807) is 19.2 Å². The summed E-state index contributed by atoms with van der Waals surface area (Å²) >= 11 is 0. The van der Waals surface area contributed by atoms with Crippen molar-refractivity contribution in [2.24, 2.45) is 0 Å². The molecule has 0 saturated carbocycles. The SMILES string of the molecule is CCc1ccc(C2/C(=C(\O)c3ccc(OCc4ccccc4)cc3C)C(=O)C(=O)N2CCOC)cc1. The molecule has 1 aliphatic heterocycles. The molecule has 6 nitrogen and oxygen atoms in total. The van der Waals surface area contributed by atoms with E-state index < -0.39 is 17.7 Å². The summed E-state index contributed by atoms with van der Waals surface area (Å²) in [7, 11) is 1.55. The Hall–Kier alpha value is -3.90. The minimum absolute atomic E-state index is 0.0846. The van der Waals surface area contributed by atoms with Gasteiger partial charge in [-0.25, -0.2) is 0 Å². The summed E-state index contributed by atoms with van der Waals surface area (Å²) in [6.07, 6.45) is 0.877. The van der Waals surface area contributed by atoms with Gasteiger partial charge in [0, 0.05) is 19.2 Å². The van der Waals surface area contributed by atoms with Gasteiger partial charge in [0.25, 0.3) is 11.7 Å². The fourth-order valence-corrected chi connectivity index (χ4v) is 4.46. The molecule has 1 amide bonds. The number of aryl methyl sites for hydroxylation is 2. The van der Waals surface area contributed by atoms with Gasteiger partial charge in [-0.2, -0.15) is 0 Å². The Morgan fingerprint density at radius 3 is 2.33 bits per heavy atom. The monoisotopic (exact) mass is 485 g/mol. The van der Waals surface area contributed by atoms with Crippen molar-refractivity contribution in [3.8, 4) is 5.75 Å². The van der Waals surface area contributed by atoms with Gasteiger partial charge >= 0.3 is 0 Å². The highest BCUT2D eigenvalue weighted by Crippen LogP contribution is 2.40. The highest BCUT2D eigenvalue weighted by atomic mass is 16.5. The molecule has 1 atom stereocenters. The lowest BCUT2D eigenvalue weighted by Crippen LogP contribution is -2.32. The largest absolute Gasteiger partial charge is 0.507 e. The minimum atomic E-state index is -0.697. The number of likely N-dealkylation sites (tertiary alicyclic amines) is 1. The number of carbonyl (C=O) groups is 2. The van der Waals surface area contributed by atoms with E-state index in [1.165, 1.54) is 4.90 Å². The maximum Gasteiger partial charge on any atom is 0.295 e. The molecule has 1 N–H and O–H groups in total. The molecule has 1 heterocycles. The van der Waals surface area contributed by atoms with Gasteiger partial charge in [0.2, 0.25) is 0 Å². The number of amides is 1. The number of benzene rings is 3. The van der Waals surface area contributed by atoms with Crippen molar-refractivity contribution in [3.05, 3.63) is 106 Å². The average Bonchev–Trinajstić information content (AvgIpc) is 3.16. The average molecular weight is 486 g/mol. The van der Waals surface area contributed by atoms with E-state index in [1.807, 2.05) is 67.6 Å². The third kappa shape index (κ3) is 5.19. The Balaban J connectivity index is 1.70. The molecule has 186 valence electrons. The number of carbonyl (C=O) groups excluding carboxylic acids is 2. The Bertz CT molecular complexity index is 1260. The summed E-state index contributed by atoms with van der Waals surface area (Å²) in [5.41, 5.74) is 4.27. The first-order chi connectivity index (χ1) is 17.4. The lowest BCUT2D eigenvalue weighted by molar-refractivity contribution is -0.140. The van der Waals surface area contributed by atoms with E-state index in [2.05, 4.69) is 6.92 Å². The maximum absolute atomic E-state index is 13.2. The third-order valence-corrected chi connectivity index (χ3v) is 6.48. The Labute approximate surface area is 211 Å². The lowest BCUT2D eigenvalue weighted by Gasteiger charge is -2.25. The summed E-state index contributed by atoms with van der Waals surface area (Å²) in [5, 5.41) is 11.4. The van der Waals surface area contributed by atoms with Gasteiger partial charge in [-0.15, -0.1) is 0 Å². The molecule has 1 saturated heterocycles. The molecule has 0 bridgehead atoms. The van der Waals surface area contributed by atoms with Crippen molar-refractivity contribution in [1.82, 2.24) is 4.90 Å². The number of aliphatic hydroxyl groups is 1. The van der Waals surface area contributed by atoms with E-state index in [4.69, 9.17) is 9.47 Å². The number of hydrogen-bond donors (Lipinski definition) is 1. The van der Waals surface area contributed by atoms with E-state index in [9.17, 15) is 14.7 Å². The molecule has 6 heteroatoms. The molecular formula is C30H31NO5. The quantitative estimate of drug-likeness (QED) is 0.256. The van der Waals surface area contributed by atoms with Crippen molar-refractivity contribution in [2.75, 3.05) is 20.3 Å². The number of methoxy groups -OCH3 is 1. The summed E-state index contributed by atoms with van der Waals surface area (Å²) in [5.74, 6) is -0.874. The lowest BCUT2D eigenvalue weighted by atomic mass is 9.93. The highest BCUT2D eigenvalue weighted by molar-refractivity contribution is 6.46. The fourth-order valence-electron chi connectivity index (χ4n) is 4.46. The molecule has 0 radical (unpaired) electrons. The second-order valence-corrected chi connectivity index (χ2v) is 8.83. The number of ether oxygens (including phenoxy) is 2. The maximum atomic E-state index is 13.2. The molecule has 0 aromatic heterocycles. The second kappa shape index (κ2) is 11.2. The Kier molecular flexibility index (Phi) is 7.86. The molecule has 4 rings (SSSR count). The van der Waals surface area contributed by atoms with Crippen LogP contribution in [0.3, 0.4) is 0 Å². The normalized spacial score (nSPS) is 17.0. The van der Waals surface area contributed by atoms with Gasteiger partial charge in [0.05, 0.1) is 18.2 Å². The zero-order chi connectivity index (χ0) is 25.7. The smallest absolute Gasteiger partial charge is 0.295 e. The second-order valence-electron chi connectivity index (χ2n) is 8.83. The van der Waals surface area contributed by atoms with Crippen LogP contribution in [0.4, 0.5) is 0 Å². The topological polar surface area (TPSA) is 76.1 Å². The van der Waals surface area contributed by atoms with Crippen molar-refractivity contribution in [1.29, 1.82) is 0 Å². The van der Waals surface area contributed by atoms with Crippen molar-refractivity contribution >= 4 is 17.4 Å². The predicted molar refractivity (Wildman–Crippen MR) is 139 cm³/mol. The Morgan fingerprint density at radius 2 is 1.69 bits per heavy atom. The van der Waals surface area contributed by atoms with Gasteiger partial charge < -0.3 is 19.5 Å². The van der Waals surface area contributed by atoms with Crippen LogP contribution in [-0.2, 0) is 27.4 Å². The van der Waals surface area contributed by atoms with E-state index in [0.29, 0.717) is 17.9 Å². The predicted octanol–water partition coefficient (Wildman–Crippen LogP) is 5.20. The number of aliphatic hydroxyl groups excluding tert-OH is 1. The van der Waals surface area contributed by atoms with Crippen molar-refractivity contribution < 1.29 is 24.2 Å². The summed E-state index contributed by atoms with van der Waals surface area (Å²) < 4.78 is 11.1. The summed E-state index contributed by atoms with van der Waals surface area (Å²) in [4.78, 5) is 27.6. The van der Waals surface area contributed by atoms with Crippen LogP contribution in [0.25, 0.3) is 5.76 Å². The van der Waals surface area contributed by atoms with Gasteiger partial charge in [0.15, 0.2) is 0 Å². The summed E-state index contributed by atoms with van der Waals surface area (Å²) in [6.45, 7) is 4.85. The number of ketones is 1. The molecule has 1 unspecified atom stereocenters. The van der Waals surface area contributed by atoms with E-state index in [-0.39, 0.29) is 24.5 Å². The van der Waals surface area contributed by atoms with E-state index >= 15 is 0 Å². The first-order valence-electron chi connectivity index (χ1n) is 12.1. The zero-order valence-electron chi connectivity index (χ0n) is 20.9. The Morgan fingerprint density at radius 1 is 0.972 bits per heavy atom. The first-order valence-corrected chi connectivity index (χ1v) is 12.1. The van der Waals surface area contributed by atoms with Gasteiger partial charge in [0.1, 0.15) is 18.1 Å². The van der Waals surface area contributed by atoms with Crippen LogP contribution in [0.15, 0.2) is 78.4 Å². The van der Waals surface area contributed by atoms with Gasteiger partial charge in [-0.05, 0) is 53.8 Å². The van der Waals surface area contributed by atoms with Crippen LogP contribution in [0, 0.1) is 6.92 Å². The first kappa shape index (κ1) is 25.2. The molecule has 36 heavy (non-hydrogen) atoms. The molecule has 0 spiro atoms. The van der Waals surface area contributed by atoms with Crippen molar-refractivity contribution in [2.45, 2.75) is 32.9 Å². The van der Waals surface area contributed by atoms with Crippen LogP contribution < -0.4 is 4.74 Å². The number of rotatable bonds is 9. The minimum Gasteiger partial charge on any atom is -0.507 e. The highest BCUT2D eigenvalue weighted by Gasteiger charge is 2.46. The van der Waals surface area contributed by atoms with E-state index in [0.717, 1.165) is 28.7 Å². The van der Waals surface area contributed by atoms with Crippen LogP contribution in [0.5, 0.6) is 5.75 Å². The molecule has 3 aromatic carbocycles. The molecule has 1 aliphatic rings. The van der Waals surface area contributed by atoms with Crippen LogP contribution >= 0.6 is 0 Å². The molecule has 0 aliphatic carbocycles. The van der Waals surface area contributed by atoms with Gasteiger partial charge in [-0.1, -0.05) is 61.5 Å². The number of hydrogen-bond acceptors (Lipinski definition) is 5. The van der Waals surface area contributed by atoms with Gasteiger partial charge in [-0.3, -0.25) is 9.59 Å². The summed E-state index contributed by atoms with van der Waals surface area (Å²) in [6, 6.07) is 22.3. The zero-order valence-corrected chi connectivity index (χ0v) is 20.9. The fraction of sp³-hybridized carbons (Fsp3) is 0.267. The van der Waals surface area contributed by atoms with Crippen molar-refractivity contribution in [3.63, 3.8) is 0 Å².